The highest BCUT2D eigenvalue weighted by molar-refractivity contribution is 9.10. The summed E-state index contributed by atoms with van der Waals surface area (Å²) in [5.74, 6) is 0.117. The van der Waals surface area contributed by atoms with Crippen LogP contribution in [0.2, 0.25) is 0 Å². The Bertz CT molecular complexity index is 650. The zero-order valence-electron chi connectivity index (χ0n) is 10.5. The van der Waals surface area contributed by atoms with Gasteiger partial charge in [-0.3, -0.25) is 0 Å². The third-order valence-corrected chi connectivity index (χ3v) is 2.88. The lowest BCUT2D eigenvalue weighted by molar-refractivity contribution is 0.215. The van der Waals surface area contributed by atoms with Gasteiger partial charge in [0, 0.05) is 4.47 Å². The molecule has 1 heterocycles. The van der Waals surface area contributed by atoms with Crippen molar-refractivity contribution in [3.05, 3.63) is 40.4 Å². The molecule has 20 heavy (non-hydrogen) atoms. The van der Waals surface area contributed by atoms with E-state index in [2.05, 4.69) is 41.2 Å². The standard InChI is InChI=1S/C12H11BrFN5O/c1-20-18-5-8-11(15)16-6-17-12(8)19-10-3-2-7(13)4-9(10)14/h2-6H,1H3,(H3,15,16,17,19)/b18-5+. The lowest BCUT2D eigenvalue weighted by atomic mass is 10.2. The largest absolute Gasteiger partial charge is 0.399 e. The van der Waals surface area contributed by atoms with Crippen LogP contribution >= 0.6 is 15.9 Å². The highest BCUT2D eigenvalue weighted by atomic mass is 79.9. The summed E-state index contributed by atoms with van der Waals surface area (Å²) in [5, 5.41) is 6.46. The average Bonchev–Trinajstić information content (AvgIpc) is 2.41. The van der Waals surface area contributed by atoms with Gasteiger partial charge in [0.05, 0.1) is 17.5 Å². The number of nitrogens with zero attached hydrogens (tertiary/aromatic N) is 3. The quantitative estimate of drug-likeness (QED) is 0.660. The molecule has 0 saturated carbocycles. The van der Waals surface area contributed by atoms with Crippen LogP contribution < -0.4 is 11.1 Å². The van der Waals surface area contributed by atoms with Gasteiger partial charge in [0.2, 0.25) is 0 Å². The van der Waals surface area contributed by atoms with Crippen molar-refractivity contribution < 1.29 is 9.23 Å². The van der Waals surface area contributed by atoms with E-state index in [4.69, 9.17) is 5.73 Å². The molecule has 0 aliphatic heterocycles. The van der Waals surface area contributed by atoms with Crippen molar-refractivity contribution in [1.82, 2.24) is 9.97 Å². The van der Waals surface area contributed by atoms with Gasteiger partial charge in [-0.05, 0) is 18.2 Å². The smallest absolute Gasteiger partial charge is 0.147 e. The first-order valence-corrected chi connectivity index (χ1v) is 6.30. The van der Waals surface area contributed by atoms with Crippen LogP contribution in [0.1, 0.15) is 5.56 Å². The van der Waals surface area contributed by atoms with Crippen molar-refractivity contribution in [1.29, 1.82) is 0 Å². The van der Waals surface area contributed by atoms with Gasteiger partial charge in [-0.15, -0.1) is 0 Å². The summed E-state index contributed by atoms with van der Waals surface area (Å²) < 4.78 is 14.4. The van der Waals surface area contributed by atoms with Gasteiger partial charge in [0.1, 0.15) is 30.9 Å². The number of nitrogens with two attached hydrogens (primary N) is 1. The maximum Gasteiger partial charge on any atom is 0.147 e. The summed E-state index contributed by atoms with van der Waals surface area (Å²) in [5.41, 5.74) is 6.41. The molecule has 104 valence electrons. The van der Waals surface area contributed by atoms with Crippen molar-refractivity contribution in [3.8, 4) is 0 Å². The molecule has 2 aromatic rings. The lowest BCUT2D eigenvalue weighted by Gasteiger charge is -2.10. The van der Waals surface area contributed by atoms with Crippen molar-refractivity contribution in [2.75, 3.05) is 18.2 Å². The Hall–Kier alpha value is -2.22. The summed E-state index contributed by atoms with van der Waals surface area (Å²) >= 11 is 3.19. The molecule has 0 fully saturated rings. The van der Waals surface area contributed by atoms with Gasteiger partial charge in [-0.1, -0.05) is 21.1 Å². The second-order valence-corrected chi connectivity index (χ2v) is 4.60. The fourth-order valence-electron chi connectivity index (χ4n) is 1.46. The van der Waals surface area contributed by atoms with Gasteiger partial charge in [-0.2, -0.15) is 0 Å². The van der Waals surface area contributed by atoms with Crippen molar-refractivity contribution in [3.63, 3.8) is 0 Å². The van der Waals surface area contributed by atoms with Crippen LogP contribution in [0.25, 0.3) is 0 Å². The monoisotopic (exact) mass is 339 g/mol. The zero-order valence-corrected chi connectivity index (χ0v) is 12.1. The number of rotatable bonds is 4. The van der Waals surface area contributed by atoms with E-state index < -0.39 is 5.82 Å². The SMILES string of the molecule is CO/N=C/c1c(N)ncnc1Nc1ccc(Br)cc1F. The second kappa shape index (κ2) is 6.29. The second-order valence-electron chi connectivity index (χ2n) is 3.69. The van der Waals surface area contributed by atoms with Gasteiger partial charge in [0.25, 0.3) is 0 Å². The molecule has 0 atom stereocenters. The third kappa shape index (κ3) is 3.21. The van der Waals surface area contributed by atoms with E-state index in [1.807, 2.05) is 0 Å². The Morgan fingerprint density at radius 1 is 1.45 bits per heavy atom. The Labute approximate surface area is 123 Å². The topological polar surface area (TPSA) is 85.4 Å². The van der Waals surface area contributed by atoms with E-state index in [1.165, 1.54) is 25.7 Å². The fourth-order valence-corrected chi connectivity index (χ4v) is 1.79. The third-order valence-electron chi connectivity index (χ3n) is 2.39. The summed E-state index contributed by atoms with van der Waals surface area (Å²) in [6.07, 6.45) is 2.63. The van der Waals surface area contributed by atoms with Crippen LogP contribution in [0.4, 0.5) is 21.7 Å². The number of benzene rings is 1. The molecule has 0 radical (unpaired) electrons. The number of hydrogen-bond acceptors (Lipinski definition) is 6. The van der Waals surface area contributed by atoms with Crippen LogP contribution in [-0.4, -0.2) is 23.3 Å². The molecule has 0 amide bonds. The Morgan fingerprint density at radius 2 is 2.25 bits per heavy atom. The number of oxime groups is 1. The van der Waals surface area contributed by atoms with Gasteiger partial charge >= 0.3 is 0 Å². The normalized spacial score (nSPS) is 10.8. The van der Waals surface area contributed by atoms with E-state index in [0.717, 1.165) is 0 Å². The molecule has 0 aliphatic carbocycles. The van der Waals surface area contributed by atoms with Crippen LogP contribution in [0.5, 0.6) is 0 Å². The average molecular weight is 340 g/mol. The molecule has 1 aromatic carbocycles. The number of nitrogen functional groups attached to an aromatic ring is 1. The zero-order chi connectivity index (χ0) is 14.5. The molecule has 2 rings (SSSR count). The number of hydrogen-bond donors (Lipinski definition) is 2. The Balaban J connectivity index is 2.38. The van der Waals surface area contributed by atoms with E-state index >= 15 is 0 Å². The minimum Gasteiger partial charge on any atom is -0.399 e. The van der Waals surface area contributed by atoms with E-state index in [1.54, 1.807) is 12.1 Å². The predicted octanol–water partition coefficient (Wildman–Crippen LogP) is 2.68. The first kappa shape index (κ1) is 14.2. The molecule has 0 spiro atoms. The van der Waals surface area contributed by atoms with Crippen LogP contribution in [0.3, 0.4) is 0 Å². The molecule has 0 bridgehead atoms. The first-order chi connectivity index (χ1) is 9.61. The van der Waals surface area contributed by atoms with Crippen molar-refractivity contribution in [2.24, 2.45) is 5.16 Å². The first-order valence-electron chi connectivity index (χ1n) is 5.51. The van der Waals surface area contributed by atoms with Crippen molar-refractivity contribution >= 4 is 39.5 Å². The number of anilines is 3. The summed E-state index contributed by atoms with van der Waals surface area (Å²) in [4.78, 5) is 12.5. The van der Waals surface area contributed by atoms with Crippen LogP contribution in [0.15, 0.2) is 34.2 Å². The maximum atomic E-state index is 13.8. The summed E-state index contributed by atoms with van der Waals surface area (Å²) in [6.45, 7) is 0. The number of aromatic nitrogens is 2. The molecule has 1 aromatic heterocycles. The number of nitrogens with one attached hydrogen (secondary N) is 1. The van der Waals surface area contributed by atoms with Gasteiger partial charge in [-0.25, -0.2) is 14.4 Å². The minimum atomic E-state index is -0.425. The molecule has 0 unspecified atom stereocenters. The maximum absolute atomic E-state index is 13.8. The predicted molar refractivity (Wildman–Crippen MR) is 78.4 cm³/mol. The molecule has 8 heteroatoms. The Kier molecular flexibility index (Phi) is 4.46. The van der Waals surface area contributed by atoms with Gasteiger partial charge in [0.15, 0.2) is 0 Å². The molecule has 0 saturated heterocycles. The highest BCUT2D eigenvalue weighted by Crippen LogP contribution is 2.24. The summed E-state index contributed by atoms with van der Waals surface area (Å²) in [6, 6.07) is 4.63. The molecule has 0 aliphatic rings. The van der Waals surface area contributed by atoms with Crippen LogP contribution in [-0.2, 0) is 4.84 Å². The lowest BCUT2D eigenvalue weighted by Crippen LogP contribution is -2.05. The summed E-state index contributed by atoms with van der Waals surface area (Å²) in [7, 11) is 1.40. The molecular formula is C12H11BrFN5O. The van der Waals surface area contributed by atoms with E-state index in [9.17, 15) is 4.39 Å². The van der Waals surface area contributed by atoms with Gasteiger partial charge < -0.3 is 15.9 Å². The molecule has 3 N–H and O–H groups in total. The highest BCUT2D eigenvalue weighted by Gasteiger charge is 2.10. The van der Waals surface area contributed by atoms with E-state index in [-0.39, 0.29) is 11.5 Å². The fraction of sp³-hybridized carbons (Fsp3) is 0.0833. The number of halogens is 2. The van der Waals surface area contributed by atoms with Crippen molar-refractivity contribution in [2.45, 2.75) is 0 Å². The molecule has 6 nitrogen and oxygen atoms in total. The van der Waals surface area contributed by atoms with Crippen LogP contribution in [0, 0.1) is 5.82 Å². The molecular weight excluding hydrogens is 329 g/mol. The van der Waals surface area contributed by atoms with E-state index in [0.29, 0.717) is 15.9 Å². The minimum absolute atomic E-state index is 0.209. The Morgan fingerprint density at radius 3 is 2.95 bits per heavy atom.